The Morgan fingerprint density at radius 3 is 2.79 bits per heavy atom. The van der Waals surface area contributed by atoms with E-state index in [1.807, 2.05) is 43.3 Å². The van der Waals surface area contributed by atoms with Gasteiger partial charge >= 0.3 is 0 Å². The number of anilines is 1. The second-order valence-corrected chi connectivity index (χ2v) is 8.11. The number of nitrogens with one attached hydrogen (secondary N) is 1. The second kappa shape index (κ2) is 7.67. The lowest BCUT2D eigenvalue weighted by Gasteiger charge is -2.16. The standard InChI is InChI=1S/C21H21N3O3S/c1-13(19(25)22-14-6-5-7-16(12-14)27-2)28-21-23-18-9-4-3-8-17(18)20(26)24(21)15-10-11-15/h3-9,12-13,15H,10-11H2,1-2H3,(H,22,25)/t13-/m1/s1. The molecule has 1 amide bonds. The molecule has 0 aliphatic heterocycles. The lowest BCUT2D eigenvalue weighted by Crippen LogP contribution is -2.26. The van der Waals surface area contributed by atoms with Gasteiger partial charge in [-0.3, -0.25) is 14.2 Å². The van der Waals surface area contributed by atoms with Crippen LogP contribution in [0.4, 0.5) is 5.69 Å². The number of methoxy groups -OCH3 is 1. The fourth-order valence-corrected chi connectivity index (χ4v) is 4.00. The largest absolute Gasteiger partial charge is 0.497 e. The highest BCUT2D eigenvalue weighted by Crippen LogP contribution is 2.37. The molecular formula is C21H21N3O3S. The second-order valence-electron chi connectivity index (χ2n) is 6.80. The monoisotopic (exact) mass is 395 g/mol. The van der Waals surface area contributed by atoms with Crippen LogP contribution in [-0.2, 0) is 4.79 Å². The molecule has 3 aromatic rings. The molecule has 1 aliphatic carbocycles. The molecule has 1 atom stereocenters. The average molecular weight is 395 g/mol. The molecule has 1 N–H and O–H groups in total. The fraction of sp³-hybridized carbons (Fsp3) is 0.286. The predicted molar refractivity (Wildman–Crippen MR) is 111 cm³/mol. The Balaban J connectivity index is 1.59. The van der Waals surface area contributed by atoms with Gasteiger partial charge in [-0.15, -0.1) is 0 Å². The van der Waals surface area contributed by atoms with Crippen LogP contribution in [0.3, 0.4) is 0 Å². The van der Waals surface area contributed by atoms with E-state index in [1.165, 1.54) is 11.8 Å². The summed E-state index contributed by atoms with van der Waals surface area (Å²) in [6.07, 6.45) is 1.94. The number of nitrogens with zero attached hydrogens (tertiary/aromatic N) is 2. The van der Waals surface area contributed by atoms with Crippen molar-refractivity contribution < 1.29 is 9.53 Å². The van der Waals surface area contributed by atoms with Gasteiger partial charge in [0.05, 0.1) is 23.3 Å². The molecule has 0 saturated heterocycles. The first-order valence-electron chi connectivity index (χ1n) is 9.19. The van der Waals surface area contributed by atoms with E-state index in [0.29, 0.717) is 27.5 Å². The summed E-state index contributed by atoms with van der Waals surface area (Å²) in [6.45, 7) is 1.82. The molecule has 0 spiro atoms. The third kappa shape index (κ3) is 3.75. The quantitative estimate of drug-likeness (QED) is 0.507. The summed E-state index contributed by atoms with van der Waals surface area (Å²) >= 11 is 1.31. The maximum atomic E-state index is 12.9. The summed E-state index contributed by atoms with van der Waals surface area (Å²) in [5.74, 6) is 0.528. The molecular weight excluding hydrogens is 374 g/mol. The Labute approximate surface area is 166 Å². The molecule has 4 rings (SSSR count). The first-order chi connectivity index (χ1) is 13.6. The average Bonchev–Trinajstić information content (AvgIpc) is 3.53. The summed E-state index contributed by atoms with van der Waals surface area (Å²) in [7, 11) is 1.59. The molecule has 0 bridgehead atoms. The fourth-order valence-electron chi connectivity index (χ4n) is 3.02. The highest BCUT2D eigenvalue weighted by Gasteiger charge is 2.30. The highest BCUT2D eigenvalue weighted by molar-refractivity contribution is 8.00. The number of rotatable bonds is 6. The van der Waals surface area contributed by atoms with Crippen LogP contribution in [0.2, 0.25) is 0 Å². The SMILES string of the molecule is COc1cccc(NC(=O)[C@@H](C)Sc2nc3ccccc3c(=O)n2C2CC2)c1. The van der Waals surface area contributed by atoms with Crippen molar-refractivity contribution >= 4 is 34.3 Å². The number of benzene rings is 2. The first kappa shape index (κ1) is 18.6. The Morgan fingerprint density at radius 1 is 1.25 bits per heavy atom. The molecule has 0 unspecified atom stereocenters. The Kier molecular flexibility index (Phi) is 5.09. The Hall–Kier alpha value is -2.80. The van der Waals surface area contributed by atoms with Crippen LogP contribution in [0.15, 0.2) is 58.5 Å². The number of carbonyl (C=O) groups is 1. The number of amides is 1. The minimum atomic E-state index is -0.413. The summed E-state index contributed by atoms with van der Waals surface area (Å²) in [6, 6.07) is 14.7. The zero-order valence-corrected chi connectivity index (χ0v) is 16.5. The molecule has 28 heavy (non-hydrogen) atoms. The number of ether oxygens (including phenoxy) is 1. The zero-order chi connectivity index (χ0) is 19.7. The summed E-state index contributed by atoms with van der Waals surface area (Å²) in [4.78, 5) is 30.3. The van der Waals surface area contributed by atoms with Gasteiger partial charge in [-0.1, -0.05) is 30.0 Å². The van der Waals surface area contributed by atoms with E-state index in [1.54, 1.807) is 23.8 Å². The van der Waals surface area contributed by atoms with Crippen molar-refractivity contribution in [2.24, 2.45) is 0 Å². The summed E-state index contributed by atoms with van der Waals surface area (Å²) in [5, 5.41) is 3.70. The Morgan fingerprint density at radius 2 is 2.04 bits per heavy atom. The van der Waals surface area contributed by atoms with Crippen LogP contribution in [0.5, 0.6) is 5.75 Å². The van der Waals surface area contributed by atoms with Gasteiger partial charge in [0.25, 0.3) is 5.56 Å². The van der Waals surface area contributed by atoms with E-state index >= 15 is 0 Å². The molecule has 1 aliphatic rings. The highest BCUT2D eigenvalue weighted by atomic mass is 32.2. The van der Waals surface area contributed by atoms with Crippen molar-refractivity contribution in [3.8, 4) is 5.75 Å². The van der Waals surface area contributed by atoms with Gasteiger partial charge in [0.2, 0.25) is 5.91 Å². The topological polar surface area (TPSA) is 73.2 Å². The Bertz CT molecular complexity index is 1090. The normalized spacial score (nSPS) is 14.6. The molecule has 2 aromatic carbocycles. The summed E-state index contributed by atoms with van der Waals surface area (Å²) < 4.78 is 6.94. The molecule has 7 heteroatoms. The molecule has 6 nitrogen and oxygen atoms in total. The van der Waals surface area contributed by atoms with Gasteiger partial charge in [-0.05, 0) is 44.0 Å². The maximum Gasteiger partial charge on any atom is 0.262 e. The van der Waals surface area contributed by atoms with Gasteiger partial charge in [-0.2, -0.15) is 0 Å². The lowest BCUT2D eigenvalue weighted by molar-refractivity contribution is -0.115. The molecule has 1 saturated carbocycles. The van der Waals surface area contributed by atoms with Crippen LogP contribution in [-0.4, -0.2) is 27.8 Å². The number of carbonyl (C=O) groups excluding carboxylic acids is 1. The zero-order valence-electron chi connectivity index (χ0n) is 15.7. The first-order valence-corrected chi connectivity index (χ1v) is 10.1. The van der Waals surface area contributed by atoms with Crippen molar-refractivity contribution in [2.75, 3.05) is 12.4 Å². The van der Waals surface area contributed by atoms with E-state index in [9.17, 15) is 9.59 Å². The van der Waals surface area contributed by atoms with E-state index in [0.717, 1.165) is 12.8 Å². The maximum absolute atomic E-state index is 12.9. The molecule has 1 aromatic heterocycles. The lowest BCUT2D eigenvalue weighted by atomic mass is 10.2. The number of hydrogen-bond donors (Lipinski definition) is 1. The number of hydrogen-bond acceptors (Lipinski definition) is 5. The number of aromatic nitrogens is 2. The van der Waals surface area contributed by atoms with Crippen molar-refractivity contribution in [2.45, 2.75) is 36.2 Å². The molecule has 1 fully saturated rings. The van der Waals surface area contributed by atoms with Crippen molar-refractivity contribution in [3.63, 3.8) is 0 Å². The molecule has 1 heterocycles. The minimum absolute atomic E-state index is 0.0315. The number of fused-ring (bicyclic) bond motifs is 1. The van der Waals surface area contributed by atoms with Crippen LogP contribution < -0.4 is 15.6 Å². The van der Waals surface area contributed by atoms with E-state index < -0.39 is 5.25 Å². The third-order valence-electron chi connectivity index (χ3n) is 4.68. The van der Waals surface area contributed by atoms with Crippen molar-refractivity contribution in [3.05, 3.63) is 58.9 Å². The van der Waals surface area contributed by atoms with Gasteiger partial charge in [0, 0.05) is 17.8 Å². The van der Waals surface area contributed by atoms with Gasteiger partial charge in [0.15, 0.2) is 5.16 Å². The third-order valence-corrected chi connectivity index (χ3v) is 5.74. The van der Waals surface area contributed by atoms with Gasteiger partial charge < -0.3 is 10.1 Å². The van der Waals surface area contributed by atoms with E-state index in [-0.39, 0.29) is 17.5 Å². The van der Waals surface area contributed by atoms with Crippen LogP contribution >= 0.6 is 11.8 Å². The minimum Gasteiger partial charge on any atom is -0.497 e. The number of para-hydroxylation sites is 1. The smallest absolute Gasteiger partial charge is 0.262 e. The van der Waals surface area contributed by atoms with E-state index in [4.69, 9.17) is 4.74 Å². The summed E-state index contributed by atoms with van der Waals surface area (Å²) in [5.41, 5.74) is 1.30. The molecule has 144 valence electrons. The number of thioether (sulfide) groups is 1. The van der Waals surface area contributed by atoms with Crippen molar-refractivity contribution in [1.82, 2.24) is 9.55 Å². The van der Waals surface area contributed by atoms with Gasteiger partial charge in [0.1, 0.15) is 5.75 Å². The molecule has 0 radical (unpaired) electrons. The van der Waals surface area contributed by atoms with Gasteiger partial charge in [-0.25, -0.2) is 4.98 Å². The van der Waals surface area contributed by atoms with E-state index in [2.05, 4.69) is 10.3 Å². The van der Waals surface area contributed by atoms with Crippen molar-refractivity contribution in [1.29, 1.82) is 0 Å². The van der Waals surface area contributed by atoms with Crippen LogP contribution in [0, 0.1) is 0 Å². The predicted octanol–water partition coefficient (Wildman–Crippen LogP) is 3.86. The van der Waals surface area contributed by atoms with Crippen LogP contribution in [0.25, 0.3) is 10.9 Å². The van der Waals surface area contributed by atoms with Crippen LogP contribution in [0.1, 0.15) is 25.8 Å².